The Morgan fingerprint density at radius 1 is 1.67 bits per heavy atom. The first-order valence-corrected chi connectivity index (χ1v) is 2.76. The lowest BCUT2D eigenvalue weighted by molar-refractivity contribution is -0.125. The van der Waals surface area contributed by atoms with Gasteiger partial charge in [-0.3, -0.25) is 4.79 Å². The average molecular weight is 123 g/mol. The summed E-state index contributed by atoms with van der Waals surface area (Å²) in [5, 5.41) is 0. The Balaban J connectivity index is 0.000000640. The summed E-state index contributed by atoms with van der Waals surface area (Å²) < 4.78 is 0. The highest BCUT2D eigenvalue weighted by molar-refractivity contribution is 5.78. The summed E-state index contributed by atoms with van der Waals surface area (Å²) in [4.78, 5) is 12.3. The van der Waals surface area contributed by atoms with E-state index in [2.05, 4.69) is 6.58 Å². The molecule has 0 saturated carbocycles. The molecule has 2 heteroatoms. The lowest BCUT2D eigenvalue weighted by Gasteiger charge is -2.05. The normalized spacial score (nSPS) is 17.3. The number of hydrogen-bond acceptors (Lipinski definition) is 1. The van der Waals surface area contributed by atoms with Crippen molar-refractivity contribution in [2.75, 3.05) is 6.54 Å². The third kappa shape index (κ3) is 1.56. The van der Waals surface area contributed by atoms with Crippen LogP contribution in [0.15, 0.2) is 12.8 Å². The highest BCUT2D eigenvalue weighted by Crippen LogP contribution is 2.08. The lowest BCUT2D eigenvalue weighted by atomic mass is 10.4. The number of carbonyl (C=O) groups excluding carboxylic acids is 1. The highest BCUT2D eigenvalue weighted by atomic mass is 16.2. The van der Waals surface area contributed by atoms with E-state index in [0.717, 1.165) is 13.0 Å². The number of likely N-dealkylation sites (tertiary alicyclic amines) is 1. The molecule has 1 amide bonds. The van der Waals surface area contributed by atoms with Crippen LogP contribution in [-0.2, 0) is 4.79 Å². The topological polar surface area (TPSA) is 20.3 Å². The van der Waals surface area contributed by atoms with E-state index in [1.54, 1.807) is 11.1 Å². The molecule has 0 aromatic heterocycles. The van der Waals surface area contributed by atoms with E-state index in [1.165, 1.54) is 0 Å². The third-order valence-corrected chi connectivity index (χ3v) is 1.33. The van der Waals surface area contributed by atoms with E-state index in [9.17, 15) is 4.79 Å². The number of rotatable bonds is 1. The van der Waals surface area contributed by atoms with Crippen LogP contribution in [0.2, 0.25) is 0 Å². The van der Waals surface area contributed by atoms with E-state index in [4.69, 9.17) is 0 Å². The first-order chi connectivity index (χ1) is 3.84. The van der Waals surface area contributed by atoms with Crippen LogP contribution in [0.4, 0.5) is 0 Å². The Hall–Kier alpha value is -0.790. The lowest BCUT2D eigenvalue weighted by Crippen LogP contribution is -2.16. The zero-order valence-corrected chi connectivity index (χ0v) is 5.26. The van der Waals surface area contributed by atoms with Crippen molar-refractivity contribution in [1.82, 2.24) is 4.90 Å². The minimum Gasteiger partial charge on any atom is -0.320 e. The molecule has 9 heavy (non-hydrogen) atoms. The molecule has 1 aliphatic heterocycles. The minimum absolute atomic E-state index is 0. The van der Waals surface area contributed by atoms with Gasteiger partial charge in [-0.2, -0.15) is 0 Å². The molecule has 4 radical (unpaired) electrons. The maximum absolute atomic E-state index is 10.7. The summed E-state index contributed by atoms with van der Waals surface area (Å²) in [6, 6.07) is 0. The molecule has 0 aromatic carbocycles. The van der Waals surface area contributed by atoms with Gasteiger partial charge in [-0.1, -0.05) is 6.58 Å². The predicted molar refractivity (Wildman–Crippen MR) is 34.4 cm³/mol. The first-order valence-electron chi connectivity index (χ1n) is 2.76. The summed E-state index contributed by atoms with van der Waals surface area (Å²) in [7, 11) is 0. The second kappa shape index (κ2) is 3.28. The molecule has 0 N–H and O–H groups in total. The Morgan fingerprint density at radius 2 is 2.33 bits per heavy atom. The van der Waals surface area contributed by atoms with Gasteiger partial charge in [0.2, 0.25) is 5.91 Å². The van der Waals surface area contributed by atoms with Crippen molar-refractivity contribution in [1.29, 1.82) is 0 Å². The van der Waals surface area contributed by atoms with Gasteiger partial charge in [0, 0.05) is 20.4 Å². The third-order valence-electron chi connectivity index (χ3n) is 1.33. The quantitative estimate of drug-likeness (QED) is 0.505. The molecule has 0 unspecified atom stereocenters. The molecule has 2 nitrogen and oxygen atoms in total. The minimum atomic E-state index is 0. The maximum Gasteiger partial charge on any atom is 0.226 e. The van der Waals surface area contributed by atoms with Gasteiger partial charge in [-0.05, 0) is 12.6 Å². The molecule has 48 valence electrons. The van der Waals surface area contributed by atoms with Crippen LogP contribution in [-0.4, -0.2) is 17.4 Å². The first kappa shape index (κ1) is 8.21. The van der Waals surface area contributed by atoms with Crippen LogP contribution in [0.25, 0.3) is 0 Å². The van der Waals surface area contributed by atoms with Gasteiger partial charge < -0.3 is 4.90 Å². The van der Waals surface area contributed by atoms with Crippen LogP contribution in [0.5, 0.6) is 0 Å². The number of hydrogen-bond donors (Lipinski definition) is 0. The van der Waals surface area contributed by atoms with Crippen LogP contribution in [0.3, 0.4) is 0 Å². The monoisotopic (exact) mass is 123 g/mol. The smallest absolute Gasteiger partial charge is 0.226 e. The molecule has 0 bridgehead atoms. The molecule has 1 heterocycles. The summed E-state index contributed by atoms with van der Waals surface area (Å²) in [6.45, 7) is 4.36. The van der Waals surface area contributed by atoms with Crippen molar-refractivity contribution in [3.63, 3.8) is 0 Å². The van der Waals surface area contributed by atoms with Crippen molar-refractivity contribution in [3.05, 3.63) is 20.2 Å². The van der Waals surface area contributed by atoms with Crippen molar-refractivity contribution in [2.45, 2.75) is 12.8 Å². The summed E-state index contributed by atoms with van der Waals surface area (Å²) in [6.07, 6.45) is 3.28. The standard InChI is InChI=1S/C6H9NO.C/c1-2-7-5-3-4-6(7)8;/h2H,1,3-5H2;. The van der Waals surface area contributed by atoms with Gasteiger partial charge in [-0.15, -0.1) is 0 Å². The van der Waals surface area contributed by atoms with Gasteiger partial charge in [0.1, 0.15) is 0 Å². The number of carbonyl (C=O) groups is 1. The molecule has 0 aromatic rings. The highest BCUT2D eigenvalue weighted by Gasteiger charge is 2.15. The van der Waals surface area contributed by atoms with Gasteiger partial charge in [0.05, 0.1) is 0 Å². The molecule has 1 saturated heterocycles. The molecular weight excluding hydrogens is 114 g/mol. The second-order valence-electron chi connectivity index (χ2n) is 1.87. The number of amides is 1. The van der Waals surface area contributed by atoms with E-state index in [-0.39, 0.29) is 13.3 Å². The van der Waals surface area contributed by atoms with Crippen LogP contribution in [0, 0.1) is 7.43 Å². The van der Waals surface area contributed by atoms with Crippen molar-refractivity contribution in [2.24, 2.45) is 0 Å². The van der Waals surface area contributed by atoms with Crippen molar-refractivity contribution in [3.8, 4) is 0 Å². The summed E-state index contributed by atoms with van der Waals surface area (Å²) in [5.74, 6) is 0.208. The van der Waals surface area contributed by atoms with Crippen molar-refractivity contribution >= 4 is 5.91 Å². The molecule has 1 rings (SSSR count). The summed E-state index contributed by atoms with van der Waals surface area (Å²) >= 11 is 0. The zero-order chi connectivity index (χ0) is 5.98. The Bertz CT molecular complexity index is 120. The van der Waals surface area contributed by atoms with E-state index < -0.39 is 0 Å². The van der Waals surface area contributed by atoms with Gasteiger partial charge in [0.25, 0.3) is 0 Å². The molecule has 0 atom stereocenters. The molecule has 0 aliphatic carbocycles. The second-order valence-corrected chi connectivity index (χ2v) is 1.87. The number of nitrogens with zero attached hydrogens (tertiary/aromatic N) is 1. The van der Waals surface area contributed by atoms with E-state index >= 15 is 0 Å². The van der Waals surface area contributed by atoms with Gasteiger partial charge in [-0.25, -0.2) is 0 Å². The largest absolute Gasteiger partial charge is 0.320 e. The predicted octanol–water partition coefficient (Wildman–Crippen LogP) is 0.834. The molecular formula is C7H9NO. The fraction of sp³-hybridized carbons (Fsp3) is 0.429. The van der Waals surface area contributed by atoms with Gasteiger partial charge in [0.15, 0.2) is 0 Å². The fourth-order valence-electron chi connectivity index (χ4n) is 0.862. The Labute approximate surface area is 56.2 Å². The summed E-state index contributed by atoms with van der Waals surface area (Å²) in [5.41, 5.74) is 0. The van der Waals surface area contributed by atoms with Gasteiger partial charge >= 0.3 is 0 Å². The Kier molecular flexibility index (Phi) is 2.99. The molecule has 1 fully saturated rings. The molecule has 0 spiro atoms. The average Bonchev–Trinajstić information content (AvgIpc) is 2.14. The van der Waals surface area contributed by atoms with Crippen molar-refractivity contribution < 1.29 is 4.79 Å². The fourth-order valence-corrected chi connectivity index (χ4v) is 0.862. The van der Waals surface area contributed by atoms with Crippen LogP contribution in [0.1, 0.15) is 12.8 Å². The molecule has 1 aliphatic rings. The van der Waals surface area contributed by atoms with E-state index in [0.29, 0.717) is 6.42 Å². The van der Waals surface area contributed by atoms with E-state index in [1.807, 2.05) is 0 Å². The van der Waals surface area contributed by atoms with Crippen LogP contribution < -0.4 is 0 Å². The van der Waals surface area contributed by atoms with Crippen LogP contribution >= 0.6 is 0 Å². The SMILES string of the molecule is C=CN1CCCC1=O.[C]. The maximum atomic E-state index is 10.7. The Morgan fingerprint density at radius 3 is 2.56 bits per heavy atom. The zero-order valence-electron chi connectivity index (χ0n) is 5.26.